The second-order valence-electron chi connectivity index (χ2n) is 3.43. The smallest absolute Gasteiger partial charge is 0.0861 e. The fourth-order valence-corrected chi connectivity index (χ4v) is 2.52. The fourth-order valence-electron chi connectivity index (χ4n) is 1.34. The lowest BCUT2D eigenvalue weighted by Gasteiger charge is -2.21. The summed E-state index contributed by atoms with van der Waals surface area (Å²) in [5.41, 5.74) is 0. The molecule has 1 aliphatic rings. The van der Waals surface area contributed by atoms with Crippen LogP contribution in [0.1, 0.15) is 12.8 Å². The highest BCUT2D eigenvalue weighted by Crippen LogP contribution is 2.20. The molecule has 0 spiro atoms. The molecule has 4 heteroatoms. The lowest BCUT2D eigenvalue weighted by molar-refractivity contribution is 0.0726. The van der Waals surface area contributed by atoms with E-state index in [1.54, 1.807) is 11.8 Å². The molecular formula is C9H18O3S. The van der Waals surface area contributed by atoms with Gasteiger partial charge in [-0.1, -0.05) is 0 Å². The average Bonchev–Trinajstić information content (AvgIpc) is 2.19. The molecule has 2 N–H and O–H groups in total. The highest BCUT2D eigenvalue weighted by molar-refractivity contribution is 7.99. The molecule has 0 amide bonds. The molecule has 0 aromatic rings. The monoisotopic (exact) mass is 206 g/mol. The third-order valence-electron chi connectivity index (χ3n) is 2.22. The number of aliphatic hydroxyl groups is 2. The van der Waals surface area contributed by atoms with E-state index in [0.717, 1.165) is 37.7 Å². The van der Waals surface area contributed by atoms with Crippen LogP contribution >= 0.6 is 11.8 Å². The van der Waals surface area contributed by atoms with Crippen molar-refractivity contribution in [1.82, 2.24) is 0 Å². The molecule has 0 saturated carbocycles. The minimum Gasteiger partial charge on any atom is -0.394 e. The predicted octanol–water partition coefficient (Wildman–Crippen LogP) is 0.499. The summed E-state index contributed by atoms with van der Waals surface area (Å²) in [6.07, 6.45) is 1.73. The first kappa shape index (κ1) is 11.3. The van der Waals surface area contributed by atoms with Crippen LogP contribution in [0.5, 0.6) is 0 Å². The highest BCUT2D eigenvalue weighted by atomic mass is 32.2. The van der Waals surface area contributed by atoms with E-state index in [1.807, 2.05) is 0 Å². The maximum absolute atomic E-state index is 9.09. The first-order valence-corrected chi connectivity index (χ1v) is 5.93. The van der Waals surface area contributed by atoms with Crippen molar-refractivity contribution in [2.75, 3.05) is 31.3 Å². The Kier molecular flexibility index (Phi) is 5.78. The lowest BCUT2D eigenvalue weighted by atomic mass is 10.0. The molecule has 1 atom stereocenters. The van der Waals surface area contributed by atoms with Crippen LogP contribution in [0, 0.1) is 5.92 Å². The van der Waals surface area contributed by atoms with Gasteiger partial charge in [-0.3, -0.25) is 0 Å². The van der Waals surface area contributed by atoms with Crippen molar-refractivity contribution in [3.05, 3.63) is 0 Å². The topological polar surface area (TPSA) is 49.7 Å². The van der Waals surface area contributed by atoms with Gasteiger partial charge in [-0.25, -0.2) is 0 Å². The summed E-state index contributed by atoms with van der Waals surface area (Å²) in [5, 5.41) is 17.7. The summed E-state index contributed by atoms with van der Waals surface area (Å²) in [6.45, 7) is 1.64. The Hall–Kier alpha value is 0.230. The van der Waals surface area contributed by atoms with Crippen molar-refractivity contribution < 1.29 is 14.9 Å². The van der Waals surface area contributed by atoms with E-state index in [0.29, 0.717) is 5.75 Å². The van der Waals surface area contributed by atoms with Crippen molar-refractivity contribution >= 4 is 11.8 Å². The molecule has 0 aromatic carbocycles. The second-order valence-corrected chi connectivity index (χ2v) is 4.50. The van der Waals surface area contributed by atoms with E-state index < -0.39 is 6.10 Å². The molecule has 1 fully saturated rings. The van der Waals surface area contributed by atoms with Gasteiger partial charge in [0.15, 0.2) is 0 Å². The van der Waals surface area contributed by atoms with Crippen LogP contribution < -0.4 is 0 Å². The summed E-state index contributed by atoms with van der Waals surface area (Å²) in [7, 11) is 0. The van der Waals surface area contributed by atoms with Crippen molar-refractivity contribution in [2.45, 2.75) is 18.9 Å². The Morgan fingerprint density at radius 1 is 1.38 bits per heavy atom. The Morgan fingerprint density at radius 3 is 2.69 bits per heavy atom. The SMILES string of the molecule is OCC(O)CSCC1CCOCC1. The summed E-state index contributed by atoms with van der Waals surface area (Å²) >= 11 is 1.73. The lowest BCUT2D eigenvalue weighted by Crippen LogP contribution is -2.20. The maximum Gasteiger partial charge on any atom is 0.0861 e. The summed E-state index contributed by atoms with van der Waals surface area (Å²) in [6, 6.07) is 0. The van der Waals surface area contributed by atoms with Crippen LogP contribution in [0.15, 0.2) is 0 Å². The first-order valence-electron chi connectivity index (χ1n) is 4.77. The normalized spacial score (nSPS) is 21.7. The molecule has 0 bridgehead atoms. The van der Waals surface area contributed by atoms with E-state index in [-0.39, 0.29) is 6.61 Å². The minimum atomic E-state index is -0.551. The molecule has 1 unspecified atom stereocenters. The zero-order valence-corrected chi connectivity index (χ0v) is 8.63. The molecule has 0 aliphatic carbocycles. The van der Waals surface area contributed by atoms with E-state index in [2.05, 4.69) is 0 Å². The van der Waals surface area contributed by atoms with Crippen LogP contribution in [-0.2, 0) is 4.74 Å². The fraction of sp³-hybridized carbons (Fsp3) is 1.00. The maximum atomic E-state index is 9.09. The van der Waals surface area contributed by atoms with Crippen LogP contribution in [0.25, 0.3) is 0 Å². The summed E-state index contributed by atoms with van der Waals surface area (Å²) in [4.78, 5) is 0. The van der Waals surface area contributed by atoms with E-state index in [1.165, 1.54) is 0 Å². The molecule has 3 nitrogen and oxygen atoms in total. The highest BCUT2D eigenvalue weighted by Gasteiger charge is 2.14. The van der Waals surface area contributed by atoms with Gasteiger partial charge < -0.3 is 14.9 Å². The molecule has 1 heterocycles. The van der Waals surface area contributed by atoms with Gasteiger partial charge in [0.1, 0.15) is 0 Å². The summed E-state index contributed by atoms with van der Waals surface area (Å²) < 4.78 is 5.25. The van der Waals surface area contributed by atoms with Crippen molar-refractivity contribution in [1.29, 1.82) is 0 Å². The van der Waals surface area contributed by atoms with Crippen LogP contribution in [-0.4, -0.2) is 47.6 Å². The molecule has 13 heavy (non-hydrogen) atoms. The standard InChI is InChI=1S/C9H18O3S/c10-5-9(11)7-13-6-8-1-3-12-4-2-8/h8-11H,1-7H2. The van der Waals surface area contributed by atoms with Crippen LogP contribution in [0.2, 0.25) is 0 Å². The average molecular weight is 206 g/mol. The molecular weight excluding hydrogens is 188 g/mol. The zero-order valence-electron chi connectivity index (χ0n) is 7.82. The van der Waals surface area contributed by atoms with E-state index in [4.69, 9.17) is 14.9 Å². The van der Waals surface area contributed by atoms with Gasteiger partial charge in [0.25, 0.3) is 0 Å². The molecule has 78 valence electrons. The number of thioether (sulfide) groups is 1. The Bertz CT molecular complexity index is 126. The van der Waals surface area contributed by atoms with Crippen molar-refractivity contribution in [2.24, 2.45) is 5.92 Å². The zero-order chi connectivity index (χ0) is 9.52. The second kappa shape index (κ2) is 6.65. The number of ether oxygens (including phenoxy) is 1. The Balaban J connectivity index is 1.98. The predicted molar refractivity (Wildman–Crippen MR) is 54.0 cm³/mol. The van der Waals surface area contributed by atoms with Gasteiger partial charge in [0, 0.05) is 19.0 Å². The van der Waals surface area contributed by atoms with Gasteiger partial charge in [0.2, 0.25) is 0 Å². The summed E-state index contributed by atoms with van der Waals surface area (Å²) in [5.74, 6) is 2.47. The number of aliphatic hydroxyl groups excluding tert-OH is 2. The third-order valence-corrected chi connectivity index (χ3v) is 3.54. The van der Waals surface area contributed by atoms with Gasteiger partial charge in [0.05, 0.1) is 12.7 Å². The quantitative estimate of drug-likeness (QED) is 0.688. The largest absolute Gasteiger partial charge is 0.394 e. The molecule has 0 radical (unpaired) electrons. The van der Waals surface area contributed by atoms with E-state index >= 15 is 0 Å². The van der Waals surface area contributed by atoms with Gasteiger partial charge >= 0.3 is 0 Å². The molecule has 1 saturated heterocycles. The molecule has 1 aliphatic heterocycles. The molecule has 0 aromatic heterocycles. The number of rotatable bonds is 5. The third kappa shape index (κ3) is 4.86. The Morgan fingerprint density at radius 2 is 2.08 bits per heavy atom. The van der Waals surface area contributed by atoms with Gasteiger partial charge in [-0.2, -0.15) is 11.8 Å². The van der Waals surface area contributed by atoms with Crippen molar-refractivity contribution in [3.8, 4) is 0 Å². The number of hydrogen-bond donors (Lipinski definition) is 2. The van der Waals surface area contributed by atoms with Gasteiger partial charge in [-0.05, 0) is 24.5 Å². The van der Waals surface area contributed by atoms with Crippen molar-refractivity contribution in [3.63, 3.8) is 0 Å². The van der Waals surface area contributed by atoms with Gasteiger partial charge in [-0.15, -0.1) is 0 Å². The van der Waals surface area contributed by atoms with E-state index in [9.17, 15) is 0 Å². The Labute approximate surface area is 83.5 Å². The molecule has 1 rings (SSSR count). The minimum absolute atomic E-state index is 0.124. The van der Waals surface area contributed by atoms with Crippen LogP contribution in [0.4, 0.5) is 0 Å². The number of hydrogen-bond acceptors (Lipinski definition) is 4. The first-order chi connectivity index (χ1) is 6.33. The van der Waals surface area contributed by atoms with Crippen LogP contribution in [0.3, 0.4) is 0 Å².